The van der Waals surface area contributed by atoms with Gasteiger partial charge in [-0.3, -0.25) is 4.79 Å². The largest absolute Gasteiger partial charge is 0.497 e. The van der Waals surface area contributed by atoms with Gasteiger partial charge in [-0.15, -0.1) is 0 Å². The molecule has 0 fully saturated rings. The van der Waals surface area contributed by atoms with Gasteiger partial charge >= 0.3 is 5.97 Å². The number of rotatable bonds is 4. The second kappa shape index (κ2) is 5.76. The minimum absolute atomic E-state index is 0.219. The molecule has 1 amide bonds. The summed E-state index contributed by atoms with van der Waals surface area (Å²) in [6, 6.07) is 5.42. The number of carbonyl (C=O) groups excluding carboxylic acids is 1. The zero-order chi connectivity index (χ0) is 15.6. The zero-order valence-electron chi connectivity index (χ0n) is 12.7. The van der Waals surface area contributed by atoms with Crippen LogP contribution in [0.1, 0.15) is 37.8 Å². The molecule has 1 atom stereocenters. The predicted molar refractivity (Wildman–Crippen MR) is 78.3 cm³/mol. The number of methoxy groups -OCH3 is 1. The monoisotopic (exact) mass is 291 g/mol. The number of nitrogens with zero attached hydrogens (tertiary/aromatic N) is 1. The van der Waals surface area contributed by atoms with Crippen molar-refractivity contribution >= 4 is 11.9 Å². The van der Waals surface area contributed by atoms with E-state index in [1.807, 2.05) is 13.0 Å². The van der Waals surface area contributed by atoms with E-state index >= 15 is 0 Å². The number of hydrogen-bond acceptors (Lipinski definition) is 3. The van der Waals surface area contributed by atoms with Crippen LogP contribution in [0.3, 0.4) is 0 Å². The highest BCUT2D eigenvalue weighted by atomic mass is 16.5. The third kappa shape index (κ3) is 2.37. The number of hydrogen-bond donors (Lipinski definition) is 1. The Morgan fingerprint density at radius 2 is 2.14 bits per heavy atom. The number of likely N-dealkylation sites (N-methyl/N-ethyl adjacent to an activating group) is 1. The number of aryl methyl sites for hydroxylation is 1. The van der Waals surface area contributed by atoms with E-state index in [9.17, 15) is 14.7 Å². The van der Waals surface area contributed by atoms with Gasteiger partial charge in [-0.2, -0.15) is 0 Å². The maximum Gasteiger partial charge on any atom is 0.334 e. The Morgan fingerprint density at radius 3 is 2.67 bits per heavy atom. The highest BCUT2D eigenvalue weighted by Crippen LogP contribution is 2.41. The Hall–Kier alpha value is -2.04. The maximum absolute atomic E-state index is 12.1. The van der Waals surface area contributed by atoms with E-state index in [1.54, 1.807) is 19.2 Å². The van der Waals surface area contributed by atoms with Crippen LogP contribution in [0, 0.1) is 0 Å². The highest BCUT2D eigenvalue weighted by molar-refractivity contribution is 5.88. The van der Waals surface area contributed by atoms with E-state index in [-0.39, 0.29) is 5.91 Å². The minimum Gasteiger partial charge on any atom is -0.497 e. The van der Waals surface area contributed by atoms with Crippen LogP contribution in [0.25, 0.3) is 0 Å². The first-order chi connectivity index (χ1) is 9.97. The molecule has 2 rings (SSSR count). The molecule has 1 unspecified atom stereocenters. The summed E-state index contributed by atoms with van der Waals surface area (Å²) in [5.74, 6) is -0.477. The first kappa shape index (κ1) is 15.4. The number of benzene rings is 1. The van der Waals surface area contributed by atoms with Crippen molar-refractivity contribution < 1.29 is 19.4 Å². The summed E-state index contributed by atoms with van der Waals surface area (Å²) in [5.41, 5.74) is 0.391. The quantitative estimate of drug-likeness (QED) is 0.923. The molecule has 0 aromatic heterocycles. The summed E-state index contributed by atoms with van der Waals surface area (Å²) in [7, 11) is 1.59. The van der Waals surface area contributed by atoms with E-state index in [4.69, 9.17) is 4.74 Å². The van der Waals surface area contributed by atoms with E-state index in [1.165, 1.54) is 11.8 Å². The number of carboxylic acid groups (broad SMARTS) is 1. The zero-order valence-corrected chi connectivity index (χ0v) is 12.7. The fourth-order valence-corrected chi connectivity index (χ4v) is 3.36. The van der Waals surface area contributed by atoms with E-state index in [0.717, 1.165) is 18.4 Å². The molecule has 114 valence electrons. The van der Waals surface area contributed by atoms with Crippen molar-refractivity contribution in [2.24, 2.45) is 0 Å². The van der Waals surface area contributed by atoms with E-state index < -0.39 is 11.5 Å². The van der Waals surface area contributed by atoms with Crippen molar-refractivity contribution in [2.45, 2.75) is 38.6 Å². The molecular formula is C16H21NO4. The van der Waals surface area contributed by atoms with Crippen LogP contribution in [0.5, 0.6) is 5.75 Å². The second-order valence-corrected chi connectivity index (χ2v) is 5.31. The third-order valence-electron chi connectivity index (χ3n) is 4.25. The molecule has 0 aliphatic heterocycles. The Bertz CT molecular complexity index is 569. The van der Waals surface area contributed by atoms with Crippen molar-refractivity contribution in [3.63, 3.8) is 0 Å². The van der Waals surface area contributed by atoms with Gasteiger partial charge in [0.2, 0.25) is 5.91 Å². The molecule has 1 aliphatic rings. The van der Waals surface area contributed by atoms with Gasteiger partial charge in [-0.1, -0.05) is 6.07 Å². The Balaban J connectivity index is 2.65. The lowest BCUT2D eigenvalue weighted by atomic mass is 9.75. The number of carbonyl (C=O) groups is 2. The molecule has 0 saturated heterocycles. The van der Waals surface area contributed by atoms with Crippen molar-refractivity contribution in [3.8, 4) is 5.75 Å². The van der Waals surface area contributed by atoms with Gasteiger partial charge in [-0.05, 0) is 49.4 Å². The minimum atomic E-state index is -1.26. The number of carboxylic acids is 1. The average molecular weight is 291 g/mol. The normalized spacial score (nSPS) is 20.5. The van der Waals surface area contributed by atoms with E-state index in [2.05, 4.69) is 0 Å². The topological polar surface area (TPSA) is 66.8 Å². The van der Waals surface area contributed by atoms with Crippen molar-refractivity contribution in [1.82, 2.24) is 4.90 Å². The van der Waals surface area contributed by atoms with Crippen LogP contribution in [0.15, 0.2) is 18.2 Å². The summed E-state index contributed by atoms with van der Waals surface area (Å²) in [5, 5.41) is 9.89. The van der Waals surface area contributed by atoms with Gasteiger partial charge in [0.1, 0.15) is 5.75 Å². The smallest absolute Gasteiger partial charge is 0.334 e. The maximum atomic E-state index is 12.1. The summed E-state index contributed by atoms with van der Waals surface area (Å²) >= 11 is 0. The van der Waals surface area contributed by atoms with Crippen LogP contribution in [-0.4, -0.2) is 35.5 Å². The number of aliphatic carboxylic acids is 1. The summed E-state index contributed by atoms with van der Waals surface area (Å²) in [6.07, 6.45) is 1.97. The van der Waals surface area contributed by atoms with Gasteiger partial charge in [0.05, 0.1) is 7.11 Å². The van der Waals surface area contributed by atoms with Crippen molar-refractivity contribution in [1.29, 1.82) is 0 Å². The lowest BCUT2D eigenvalue weighted by molar-refractivity contribution is -0.160. The first-order valence-electron chi connectivity index (χ1n) is 7.16. The van der Waals surface area contributed by atoms with Crippen LogP contribution < -0.4 is 4.74 Å². The summed E-state index contributed by atoms with van der Waals surface area (Å²) in [4.78, 5) is 25.5. The molecule has 1 N–H and O–H groups in total. The predicted octanol–water partition coefficient (Wildman–Crippen LogP) is 2.18. The van der Waals surface area contributed by atoms with Gasteiger partial charge in [0.15, 0.2) is 5.54 Å². The van der Waals surface area contributed by atoms with Crippen molar-refractivity contribution in [2.75, 3.05) is 13.7 Å². The van der Waals surface area contributed by atoms with Gasteiger partial charge < -0.3 is 14.7 Å². The third-order valence-corrected chi connectivity index (χ3v) is 4.25. The molecule has 1 aliphatic carbocycles. The number of fused-ring (bicyclic) bond motifs is 1. The molecular weight excluding hydrogens is 270 g/mol. The summed E-state index contributed by atoms with van der Waals surface area (Å²) in [6.45, 7) is 3.60. The Morgan fingerprint density at radius 1 is 1.43 bits per heavy atom. The molecule has 0 radical (unpaired) electrons. The Labute approximate surface area is 124 Å². The molecule has 0 spiro atoms. The lowest BCUT2D eigenvalue weighted by Gasteiger charge is -2.43. The van der Waals surface area contributed by atoms with Gasteiger partial charge in [-0.25, -0.2) is 4.79 Å². The second-order valence-electron chi connectivity index (χ2n) is 5.31. The fraction of sp³-hybridized carbons (Fsp3) is 0.500. The standard InChI is InChI=1S/C16H21NO4/c1-4-17(11(2)18)16(15(19)20)9-5-6-12-10-13(21-3)7-8-14(12)16/h7-8,10H,4-6,9H2,1-3H3,(H,19,20). The highest BCUT2D eigenvalue weighted by Gasteiger charge is 2.49. The molecule has 1 aromatic rings. The van der Waals surface area contributed by atoms with Crippen LogP contribution in [0.2, 0.25) is 0 Å². The van der Waals surface area contributed by atoms with Crippen molar-refractivity contribution in [3.05, 3.63) is 29.3 Å². The van der Waals surface area contributed by atoms with E-state index in [0.29, 0.717) is 24.3 Å². The average Bonchev–Trinajstić information content (AvgIpc) is 2.46. The molecule has 5 nitrogen and oxygen atoms in total. The molecule has 1 aromatic carbocycles. The fourth-order valence-electron chi connectivity index (χ4n) is 3.36. The van der Waals surface area contributed by atoms with Gasteiger partial charge in [0.25, 0.3) is 0 Å². The number of amides is 1. The number of ether oxygens (including phenoxy) is 1. The first-order valence-corrected chi connectivity index (χ1v) is 7.16. The van der Waals surface area contributed by atoms with Crippen LogP contribution >= 0.6 is 0 Å². The van der Waals surface area contributed by atoms with Gasteiger partial charge in [0, 0.05) is 13.5 Å². The molecule has 0 heterocycles. The van der Waals surface area contributed by atoms with Crippen LogP contribution in [-0.2, 0) is 21.5 Å². The lowest BCUT2D eigenvalue weighted by Crippen LogP contribution is -2.55. The molecule has 0 saturated carbocycles. The SMILES string of the molecule is CCN(C(C)=O)C1(C(=O)O)CCCc2cc(OC)ccc21. The molecule has 5 heteroatoms. The van der Waals surface area contributed by atoms with Crippen LogP contribution in [0.4, 0.5) is 0 Å². The Kier molecular flexibility index (Phi) is 4.21. The molecule has 0 bridgehead atoms. The summed E-state index contributed by atoms with van der Waals surface area (Å²) < 4.78 is 5.22. The molecule has 21 heavy (non-hydrogen) atoms.